The summed E-state index contributed by atoms with van der Waals surface area (Å²) in [4.78, 5) is 0. The van der Waals surface area contributed by atoms with E-state index in [-0.39, 0.29) is 0 Å². The molecule has 0 spiro atoms. The van der Waals surface area contributed by atoms with Gasteiger partial charge in [-0.3, -0.25) is 0 Å². The van der Waals surface area contributed by atoms with Crippen LogP contribution in [0, 0.1) is 5.92 Å². The topological polar surface area (TPSA) is 18.5 Å². The van der Waals surface area contributed by atoms with E-state index in [1.165, 1.54) is 38.5 Å². The van der Waals surface area contributed by atoms with Crippen molar-refractivity contribution in [3.05, 3.63) is 37.4 Å². The van der Waals surface area contributed by atoms with Gasteiger partial charge in [-0.15, -0.1) is 13.2 Å². The maximum absolute atomic E-state index is 5.79. The Morgan fingerprint density at radius 2 is 1.50 bits per heavy atom. The lowest BCUT2D eigenvalue weighted by Crippen LogP contribution is -2.10. The smallest absolute Gasteiger partial charge is 0.119 e. The zero-order chi connectivity index (χ0) is 14.6. The minimum atomic E-state index is 0.710. The highest BCUT2D eigenvalue weighted by atomic mass is 16.5. The fourth-order valence-corrected chi connectivity index (χ4v) is 2.62. The van der Waals surface area contributed by atoms with Gasteiger partial charge in [-0.1, -0.05) is 32.1 Å². The highest BCUT2D eigenvalue weighted by Crippen LogP contribution is 2.26. The molecular formula is C18H28O2. The van der Waals surface area contributed by atoms with E-state index in [9.17, 15) is 0 Å². The van der Waals surface area contributed by atoms with Gasteiger partial charge < -0.3 is 9.47 Å². The molecule has 2 heteroatoms. The van der Waals surface area contributed by atoms with E-state index in [0.717, 1.165) is 24.0 Å². The van der Waals surface area contributed by atoms with E-state index in [1.807, 2.05) is 31.2 Å². The summed E-state index contributed by atoms with van der Waals surface area (Å²) in [6.07, 6.45) is 8.24. The Kier molecular flexibility index (Phi) is 8.61. The van der Waals surface area contributed by atoms with Crippen molar-refractivity contribution in [3.63, 3.8) is 0 Å². The summed E-state index contributed by atoms with van der Waals surface area (Å²) >= 11 is 0. The minimum Gasteiger partial charge on any atom is -0.494 e. The molecule has 0 saturated heterocycles. The van der Waals surface area contributed by atoms with Gasteiger partial charge in [0, 0.05) is 0 Å². The van der Waals surface area contributed by atoms with E-state index in [1.54, 1.807) is 0 Å². The van der Waals surface area contributed by atoms with E-state index in [4.69, 9.17) is 9.47 Å². The third-order valence-electron chi connectivity index (χ3n) is 3.65. The van der Waals surface area contributed by atoms with E-state index >= 15 is 0 Å². The molecule has 1 aromatic carbocycles. The predicted octanol–water partition coefficient (Wildman–Crippen LogP) is 5.24. The van der Waals surface area contributed by atoms with Crippen LogP contribution in [0.2, 0.25) is 0 Å². The molecule has 0 amide bonds. The van der Waals surface area contributed by atoms with Crippen molar-refractivity contribution >= 4 is 0 Å². The van der Waals surface area contributed by atoms with Crippen LogP contribution < -0.4 is 9.47 Å². The molecule has 1 aromatic rings. The van der Waals surface area contributed by atoms with Crippen LogP contribution in [-0.2, 0) is 0 Å². The first-order valence-corrected chi connectivity index (χ1v) is 7.74. The normalized spacial score (nSPS) is 15.1. The maximum atomic E-state index is 5.79. The fourth-order valence-electron chi connectivity index (χ4n) is 2.62. The molecule has 20 heavy (non-hydrogen) atoms. The average Bonchev–Trinajstić information content (AvgIpc) is 2.52. The summed E-state index contributed by atoms with van der Waals surface area (Å²) in [6, 6.07) is 7.93. The van der Waals surface area contributed by atoms with Gasteiger partial charge in [-0.2, -0.15) is 0 Å². The molecule has 2 rings (SSSR count). The second-order valence-electron chi connectivity index (χ2n) is 5.05. The van der Waals surface area contributed by atoms with Crippen LogP contribution in [0.4, 0.5) is 0 Å². The molecule has 0 radical (unpaired) electrons. The molecule has 0 aromatic heterocycles. The van der Waals surface area contributed by atoms with Gasteiger partial charge in [0.1, 0.15) is 11.5 Å². The number of ether oxygens (including phenoxy) is 2. The first kappa shape index (κ1) is 16.6. The Balaban J connectivity index is 0.000000956. The molecule has 0 aliphatic heterocycles. The van der Waals surface area contributed by atoms with E-state index in [2.05, 4.69) is 13.2 Å². The van der Waals surface area contributed by atoms with Crippen molar-refractivity contribution < 1.29 is 9.47 Å². The third kappa shape index (κ3) is 6.14. The molecule has 0 heterocycles. The fraction of sp³-hybridized carbons (Fsp3) is 0.556. The highest BCUT2D eigenvalue weighted by molar-refractivity contribution is 5.31. The molecule has 1 aliphatic rings. The predicted molar refractivity (Wildman–Crippen MR) is 85.6 cm³/mol. The molecule has 112 valence electrons. The molecule has 0 atom stereocenters. The lowest BCUT2D eigenvalue weighted by molar-refractivity contribution is 0.246. The van der Waals surface area contributed by atoms with Crippen LogP contribution >= 0.6 is 0 Å². The van der Waals surface area contributed by atoms with Gasteiger partial charge in [-0.25, -0.2) is 0 Å². The summed E-state index contributed by atoms with van der Waals surface area (Å²) in [5.41, 5.74) is 0. The quantitative estimate of drug-likeness (QED) is 0.662. The first-order valence-electron chi connectivity index (χ1n) is 7.74. The molecular weight excluding hydrogens is 248 g/mol. The van der Waals surface area contributed by atoms with Crippen LogP contribution in [0.15, 0.2) is 37.4 Å². The standard InChI is InChI=1S/C16H24O2.C2H4/c1-2-17-15-8-10-16(11-9-15)18-13-12-14-6-4-3-5-7-14;1-2/h8-11,14H,2-7,12-13H2,1H3;1-2H2. The van der Waals surface area contributed by atoms with Gasteiger partial charge in [0.05, 0.1) is 13.2 Å². The van der Waals surface area contributed by atoms with Crippen molar-refractivity contribution in [1.29, 1.82) is 0 Å². The van der Waals surface area contributed by atoms with Gasteiger partial charge in [-0.05, 0) is 43.5 Å². The summed E-state index contributed by atoms with van der Waals surface area (Å²) in [7, 11) is 0. The van der Waals surface area contributed by atoms with Crippen LogP contribution in [0.1, 0.15) is 45.4 Å². The van der Waals surface area contributed by atoms with Crippen molar-refractivity contribution in [2.45, 2.75) is 45.4 Å². The molecule has 1 aliphatic carbocycles. The van der Waals surface area contributed by atoms with E-state index < -0.39 is 0 Å². The lowest BCUT2D eigenvalue weighted by Gasteiger charge is -2.21. The van der Waals surface area contributed by atoms with Crippen LogP contribution in [-0.4, -0.2) is 13.2 Å². The SMILES string of the molecule is C=C.CCOc1ccc(OCCC2CCCCC2)cc1. The Hall–Kier alpha value is -1.44. The van der Waals surface area contributed by atoms with Crippen LogP contribution in [0.5, 0.6) is 11.5 Å². The molecule has 1 fully saturated rings. The zero-order valence-electron chi connectivity index (χ0n) is 12.8. The Bertz CT molecular complexity index is 339. The molecule has 0 unspecified atom stereocenters. The first-order chi connectivity index (χ1) is 9.88. The monoisotopic (exact) mass is 276 g/mol. The Morgan fingerprint density at radius 3 is 2.05 bits per heavy atom. The summed E-state index contributed by atoms with van der Waals surface area (Å²) in [6.45, 7) is 9.55. The van der Waals surface area contributed by atoms with Gasteiger partial charge in [0.15, 0.2) is 0 Å². The zero-order valence-corrected chi connectivity index (χ0v) is 12.8. The van der Waals surface area contributed by atoms with Crippen LogP contribution in [0.3, 0.4) is 0 Å². The molecule has 0 bridgehead atoms. The highest BCUT2D eigenvalue weighted by Gasteiger charge is 2.12. The summed E-state index contributed by atoms with van der Waals surface area (Å²) in [5, 5.41) is 0. The number of hydrogen-bond acceptors (Lipinski definition) is 2. The van der Waals surface area contributed by atoms with Crippen LogP contribution in [0.25, 0.3) is 0 Å². The maximum Gasteiger partial charge on any atom is 0.119 e. The summed E-state index contributed by atoms with van der Waals surface area (Å²) in [5.74, 6) is 2.76. The van der Waals surface area contributed by atoms with Crippen molar-refractivity contribution in [2.75, 3.05) is 13.2 Å². The Morgan fingerprint density at radius 1 is 0.950 bits per heavy atom. The summed E-state index contributed by atoms with van der Waals surface area (Å²) < 4.78 is 11.2. The lowest BCUT2D eigenvalue weighted by atomic mass is 9.87. The number of rotatable bonds is 6. The Labute approximate surface area is 123 Å². The van der Waals surface area contributed by atoms with Gasteiger partial charge >= 0.3 is 0 Å². The van der Waals surface area contributed by atoms with Crippen molar-refractivity contribution in [2.24, 2.45) is 5.92 Å². The van der Waals surface area contributed by atoms with Gasteiger partial charge in [0.2, 0.25) is 0 Å². The van der Waals surface area contributed by atoms with E-state index in [0.29, 0.717) is 6.61 Å². The number of hydrogen-bond donors (Lipinski definition) is 0. The third-order valence-corrected chi connectivity index (χ3v) is 3.65. The van der Waals surface area contributed by atoms with Gasteiger partial charge in [0.25, 0.3) is 0 Å². The largest absolute Gasteiger partial charge is 0.494 e. The minimum absolute atomic E-state index is 0.710. The second-order valence-corrected chi connectivity index (χ2v) is 5.05. The average molecular weight is 276 g/mol. The molecule has 1 saturated carbocycles. The van der Waals surface area contributed by atoms with Crippen molar-refractivity contribution in [3.8, 4) is 11.5 Å². The molecule has 0 N–H and O–H groups in total. The number of benzene rings is 1. The second kappa shape index (κ2) is 10.4. The van der Waals surface area contributed by atoms with Crippen molar-refractivity contribution in [1.82, 2.24) is 0 Å². The molecule has 2 nitrogen and oxygen atoms in total.